The third-order valence-electron chi connectivity index (χ3n) is 5.81. The number of methoxy groups -OCH3 is 1. The molecule has 170 valence electrons. The number of dihydropyridines is 1. The zero-order chi connectivity index (χ0) is 23.6. The van der Waals surface area contributed by atoms with Crippen molar-refractivity contribution in [3.8, 4) is 0 Å². The summed E-state index contributed by atoms with van der Waals surface area (Å²) in [4.78, 5) is 49.8. The molecule has 0 saturated heterocycles. The summed E-state index contributed by atoms with van der Waals surface area (Å²) < 4.78 is 10.2. The summed E-state index contributed by atoms with van der Waals surface area (Å²) in [5.41, 5.74) is 1.80. The maximum absolute atomic E-state index is 13.6. The van der Waals surface area contributed by atoms with E-state index in [-0.39, 0.29) is 29.4 Å². The van der Waals surface area contributed by atoms with E-state index < -0.39 is 34.5 Å². The Hall–Kier alpha value is -3.49. The molecule has 9 heteroatoms. The minimum Gasteiger partial charge on any atom is -0.468 e. The maximum atomic E-state index is 13.6. The van der Waals surface area contributed by atoms with Crippen molar-refractivity contribution in [2.24, 2.45) is 11.8 Å². The van der Waals surface area contributed by atoms with Crippen LogP contribution >= 0.6 is 0 Å². The van der Waals surface area contributed by atoms with Gasteiger partial charge < -0.3 is 14.8 Å². The molecular formula is C23H26N2O7. The lowest BCUT2D eigenvalue weighted by molar-refractivity contribution is -0.384. The van der Waals surface area contributed by atoms with Crippen LogP contribution in [0, 0.1) is 22.0 Å². The van der Waals surface area contributed by atoms with Gasteiger partial charge in [-0.05, 0) is 31.2 Å². The van der Waals surface area contributed by atoms with Gasteiger partial charge in [-0.1, -0.05) is 26.0 Å². The standard InChI is InChI=1S/C23H26N2O7/c1-5-9-32-23(28)18-13(3)24-16-10-12(2)17(22(27)31-4)21(26)20(16)19(18)14-7-6-8-15(11-14)25(29)30/h6-8,11-12,17,19,24H,5,9-10H2,1-4H3/t12-,17+,19-/m0/s1. The molecule has 0 unspecified atom stereocenters. The minimum atomic E-state index is -1.02. The van der Waals surface area contributed by atoms with Crippen LogP contribution in [0.3, 0.4) is 0 Å². The van der Waals surface area contributed by atoms with Crippen molar-refractivity contribution >= 4 is 23.4 Å². The number of carbonyl (C=O) groups excluding carboxylic acids is 3. The van der Waals surface area contributed by atoms with E-state index in [1.165, 1.54) is 25.3 Å². The van der Waals surface area contributed by atoms with Gasteiger partial charge in [0.25, 0.3) is 5.69 Å². The number of nitro groups is 1. The van der Waals surface area contributed by atoms with Crippen molar-refractivity contribution in [2.45, 2.75) is 39.5 Å². The number of hydrogen-bond donors (Lipinski definition) is 1. The van der Waals surface area contributed by atoms with Crippen molar-refractivity contribution in [3.63, 3.8) is 0 Å². The molecule has 32 heavy (non-hydrogen) atoms. The Kier molecular flexibility index (Phi) is 6.76. The zero-order valence-electron chi connectivity index (χ0n) is 18.5. The van der Waals surface area contributed by atoms with E-state index >= 15 is 0 Å². The quantitative estimate of drug-likeness (QED) is 0.308. The average Bonchev–Trinajstić information content (AvgIpc) is 2.76. The van der Waals surface area contributed by atoms with E-state index in [4.69, 9.17) is 9.47 Å². The highest BCUT2D eigenvalue weighted by molar-refractivity contribution is 6.12. The molecular weight excluding hydrogens is 416 g/mol. The summed E-state index contributed by atoms with van der Waals surface area (Å²) >= 11 is 0. The number of nitro benzene ring substituents is 1. The Balaban J connectivity index is 2.20. The van der Waals surface area contributed by atoms with Crippen LogP contribution in [0.1, 0.15) is 45.1 Å². The predicted octanol–water partition coefficient (Wildman–Crippen LogP) is 3.16. The van der Waals surface area contributed by atoms with E-state index in [9.17, 15) is 24.5 Å². The van der Waals surface area contributed by atoms with E-state index in [0.717, 1.165) is 0 Å². The van der Waals surface area contributed by atoms with Crippen LogP contribution < -0.4 is 5.32 Å². The molecule has 9 nitrogen and oxygen atoms in total. The Bertz CT molecular complexity index is 1040. The van der Waals surface area contributed by atoms with Gasteiger partial charge in [-0.25, -0.2) is 4.79 Å². The van der Waals surface area contributed by atoms with Gasteiger partial charge in [-0.2, -0.15) is 0 Å². The third kappa shape index (κ3) is 4.15. The highest BCUT2D eigenvalue weighted by atomic mass is 16.6. The number of ketones is 1. The number of benzene rings is 1. The number of nitrogens with zero attached hydrogens (tertiary/aromatic N) is 1. The number of nitrogens with one attached hydrogen (secondary N) is 1. The molecule has 0 spiro atoms. The van der Waals surface area contributed by atoms with Gasteiger partial charge in [0.05, 0.1) is 24.2 Å². The first-order chi connectivity index (χ1) is 15.2. The van der Waals surface area contributed by atoms with Crippen molar-refractivity contribution in [2.75, 3.05) is 13.7 Å². The number of carbonyl (C=O) groups is 3. The van der Waals surface area contributed by atoms with E-state index in [2.05, 4.69) is 5.32 Å². The molecule has 3 rings (SSSR count). The molecule has 0 bridgehead atoms. The molecule has 1 aliphatic carbocycles. The van der Waals surface area contributed by atoms with E-state index in [1.54, 1.807) is 19.9 Å². The number of Topliss-reactive ketones (excluding diaryl/α,β-unsaturated/α-hetero) is 1. The molecule has 1 aromatic carbocycles. The first kappa shape index (κ1) is 23.2. The summed E-state index contributed by atoms with van der Waals surface area (Å²) in [6.07, 6.45) is 1.00. The zero-order valence-corrected chi connectivity index (χ0v) is 18.5. The Morgan fingerprint density at radius 3 is 2.66 bits per heavy atom. The van der Waals surface area contributed by atoms with Crippen molar-refractivity contribution < 1.29 is 28.8 Å². The summed E-state index contributed by atoms with van der Waals surface area (Å²) in [7, 11) is 1.22. The highest BCUT2D eigenvalue weighted by Gasteiger charge is 2.47. The molecule has 1 aromatic rings. The molecule has 0 fully saturated rings. The number of rotatable bonds is 6. The lowest BCUT2D eigenvalue weighted by atomic mass is 9.69. The number of non-ortho nitro benzene ring substituents is 1. The van der Waals surface area contributed by atoms with Crippen LogP contribution in [0.5, 0.6) is 0 Å². The molecule has 0 radical (unpaired) electrons. The van der Waals surface area contributed by atoms with Crippen LogP contribution in [-0.2, 0) is 23.9 Å². The second kappa shape index (κ2) is 9.33. The smallest absolute Gasteiger partial charge is 0.336 e. The van der Waals surface area contributed by atoms with Gasteiger partial charge in [-0.15, -0.1) is 0 Å². The fourth-order valence-electron chi connectivity index (χ4n) is 4.37. The molecule has 1 N–H and O–H groups in total. The van der Waals surface area contributed by atoms with Crippen molar-refractivity contribution in [3.05, 3.63) is 62.5 Å². The summed E-state index contributed by atoms with van der Waals surface area (Å²) in [6, 6.07) is 5.83. The van der Waals surface area contributed by atoms with Gasteiger partial charge >= 0.3 is 11.9 Å². The third-order valence-corrected chi connectivity index (χ3v) is 5.81. The minimum absolute atomic E-state index is 0.164. The van der Waals surface area contributed by atoms with Crippen molar-refractivity contribution in [1.82, 2.24) is 5.32 Å². The number of esters is 2. The normalized spacial score (nSPS) is 22.8. The van der Waals surface area contributed by atoms with E-state index in [1.807, 2.05) is 6.92 Å². The molecule has 0 amide bonds. The van der Waals surface area contributed by atoms with Crippen LogP contribution in [0.25, 0.3) is 0 Å². The largest absolute Gasteiger partial charge is 0.468 e. The van der Waals surface area contributed by atoms with Crippen LogP contribution in [0.15, 0.2) is 46.8 Å². The van der Waals surface area contributed by atoms with Gasteiger partial charge in [0.2, 0.25) is 0 Å². The first-order valence-corrected chi connectivity index (χ1v) is 10.5. The van der Waals surface area contributed by atoms with Crippen LogP contribution in [0.4, 0.5) is 5.69 Å². The second-order valence-electron chi connectivity index (χ2n) is 8.02. The number of ether oxygens (including phenoxy) is 2. The maximum Gasteiger partial charge on any atom is 0.336 e. The average molecular weight is 442 g/mol. The number of hydrogen-bond acceptors (Lipinski definition) is 8. The number of allylic oxidation sites excluding steroid dienone is 3. The lowest BCUT2D eigenvalue weighted by Crippen LogP contribution is -2.43. The summed E-state index contributed by atoms with van der Waals surface area (Å²) in [6.45, 7) is 5.55. The molecule has 1 heterocycles. The van der Waals surface area contributed by atoms with Gasteiger partial charge in [-0.3, -0.25) is 19.7 Å². The predicted molar refractivity (Wildman–Crippen MR) is 114 cm³/mol. The monoisotopic (exact) mass is 442 g/mol. The molecule has 0 aromatic heterocycles. The highest BCUT2D eigenvalue weighted by Crippen LogP contribution is 2.45. The van der Waals surface area contributed by atoms with Gasteiger partial charge in [0, 0.05) is 35.0 Å². The Labute approximate surface area is 185 Å². The summed E-state index contributed by atoms with van der Waals surface area (Å²) in [5.74, 6) is -3.94. The second-order valence-corrected chi connectivity index (χ2v) is 8.02. The Morgan fingerprint density at radius 2 is 2.03 bits per heavy atom. The van der Waals surface area contributed by atoms with Gasteiger partial charge in [0.15, 0.2) is 5.78 Å². The van der Waals surface area contributed by atoms with Gasteiger partial charge in [0.1, 0.15) is 5.92 Å². The fourth-order valence-corrected chi connectivity index (χ4v) is 4.37. The Morgan fingerprint density at radius 1 is 1.31 bits per heavy atom. The lowest BCUT2D eigenvalue weighted by Gasteiger charge is -2.38. The summed E-state index contributed by atoms with van der Waals surface area (Å²) in [5, 5.41) is 14.5. The molecule has 0 saturated carbocycles. The van der Waals surface area contributed by atoms with E-state index in [0.29, 0.717) is 29.8 Å². The van der Waals surface area contributed by atoms with Crippen molar-refractivity contribution in [1.29, 1.82) is 0 Å². The topological polar surface area (TPSA) is 125 Å². The molecule has 3 atom stereocenters. The molecule has 2 aliphatic rings. The SMILES string of the molecule is CCCOC(=O)C1=C(C)NC2=C(C(=O)[C@H](C(=O)OC)[C@@H](C)C2)[C@H]1c1cccc([N+](=O)[O-])c1. The fraction of sp³-hybridized carbons (Fsp3) is 0.435. The van der Waals surface area contributed by atoms with Crippen LogP contribution in [-0.4, -0.2) is 36.4 Å². The molecule has 1 aliphatic heterocycles. The first-order valence-electron chi connectivity index (χ1n) is 10.5. The van der Waals surface area contributed by atoms with Crippen LogP contribution in [0.2, 0.25) is 0 Å².